The zero-order valence-corrected chi connectivity index (χ0v) is 9.23. The van der Waals surface area contributed by atoms with Gasteiger partial charge < -0.3 is 15.8 Å². The molecule has 1 saturated carbocycles. The molecule has 1 aromatic rings. The van der Waals surface area contributed by atoms with E-state index in [0.29, 0.717) is 23.4 Å². The SMILES string of the molecule is COC1CC(Nc2ccc(N)c(C#N)c2)C1. The summed E-state index contributed by atoms with van der Waals surface area (Å²) in [6.45, 7) is 0. The average molecular weight is 217 g/mol. The van der Waals surface area contributed by atoms with Crippen molar-refractivity contribution in [2.45, 2.75) is 25.0 Å². The van der Waals surface area contributed by atoms with E-state index in [4.69, 9.17) is 15.7 Å². The number of hydrogen-bond donors (Lipinski definition) is 2. The number of nitrogens with two attached hydrogens (primary N) is 1. The second-order valence-corrected chi connectivity index (χ2v) is 4.08. The Balaban J connectivity index is 1.98. The van der Waals surface area contributed by atoms with Crippen LogP contribution in [0.2, 0.25) is 0 Å². The van der Waals surface area contributed by atoms with Gasteiger partial charge >= 0.3 is 0 Å². The second kappa shape index (κ2) is 4.42. The lowest BCUT2D eigenvalue weighted by Crippen LogP contribution is -2.40. The third-order valence-corrected chi connectivity index (χ3v) is 2.97. The van der Waals surface area contributed by atoms with Gasteiger partial charge in [-0.3, -0.25) is 0 Å². The van der Waals surface area contributed by atoms with Crippen LogP contribution in [0.15, 0.2) is 18.2 Å². The van der Waals surface area contributed by atoms with Crippen molar-refractivity contribution in [3.63, 3.8) is 0 Å². The Morgan fingerprint density at radius 2 is 2.25 bits per heavy atom. The fourth-order valence-corrected chi connectivity index (χ4v) is 1.85. The Kier molecular flexibility index (Phi) is 2.97. The minimum Gasteiger partial charge on any atom is -0.398 e. The Morgan fingerprint density at radius 3 is 2.88 bits per heavy atom. The van der Waals surface area contributed by atoms with E-state index in [-0.39, 0.29) is 0 Å². The van der Waals surface area contributed by atoms with Crippen molar-refractivity contribution >= 4 is 11.4 Å². The van der Waals surface area contributed by atoms with Crippen LogP contribution in [0.1, 0.15) is 18.4 Å². The van der Waals surface area contributed by atoms with Crippen LogP contribution in [0.4, 0.5) is 11.4 Å². The van der Waals surface area contributed by atoms with Gasteiger partial charge in [0.05, 0.1) is 11.7 Å². The molecular formula is C12H15N3O. The monoisotopic (exact) mass is 217 g/mol. The maximum atomic E-state index is 8.85. The van der Waals surface area contributed by atoms with Crippen LogP contribution in [0, 0.1) is 11.3 Å². The number of nitriles is 1. The lowest BCUT2D eigenvalue weighted by atomic mass is 9.89. The predicted molar refractivity (Wildman–Crippen MR) is 63.0 cm³/mol. The topological polar surface area (TPSA) is 71.1 Å². The number of hydrogen-bond acceptors (Lipinski definition) is 4. The molecule has 16 heavy (non-hydrogen) atoms. The Hall–Kier alpha value is -1.73. The molecule has 0 aromatic heterocycles. The quantitative estimate of drug-likeness (QED) is 0.756. The average Bonchev–Trinajstić information content (AvgIpc) is 2.25. The molecule has 4 nitrogen and oxygen atoms in total. The molecule has 0 radical (unpaired) electrons. The Bertz CT molecular complexity index is 419. The first kappa shape index (κ1) is 10.8. The van der Waals surface area contributed by atoms with E-state index in [1.54, 1.807) is 19.2 Å². The molecule has 0 atom stereocenters. The summed E-state index contributed by atoms with van der Waals surface area (Å²) in [5.74, 6) is 0. The van der Waals surface area contributed by atoms with Gasteiger partial charge in [0, 0.05) is 24.5 Å². The first-order valence-electron chi connectivity index (χ1n) is 5.32. The van der Waals surface area contributed by atoms with Gasteiger partial charge in [-0.25, -0.2) is 0 Å². The lowest BCUT2D eigenvalue weighted by molar-refractivity contribution is 0.0329. The van der Waals surface area contributed by atoms with E-state index in [2.05, 4.69) is 11.4 Å². The highest BCUT2D eigenvalue weighted by atomic mass is 16.5. The van der Waals surface area contributed by atoms with Gasteiger partial charge in [-0.15, -0.1) is 0 Å². The fourth-order valence-electron chi connectivity index (χ4n) is 1.85. The Labute approximate surface area is 95.0 Å². The fraction of sp³-hybridized carbons (Fsp3) is 0.417. The molecule has 84 valence electrons. The lowest BCUT2D eigenvalue weighted by Gasteiger charge is -2.35. The standard InChI is InChI=1S/C12H15N3O/c1-16-11-5-10(6-11)15-9-2-3-12(14)8(4-9)7-13/h2-4,10-11,15H,5-6,14H2,1H3. The number of ether oxygens (including phenoxy) is 1. The molecule has 0 amide bonds. The molecule has 0 aliphatic heterocycles. The van der Waals surface area contributed by atoms with E-state index in [9.17, 15) is 0 Å². The van der Waals surface area contributed by atoms with Gasteiger partial charge in [-0.05, 0) is 31.0 Å². The smallest absolute Gasteiger partial charge is 0.101 e. The van der Waals surface area contributed by atoms with Gasteiger partial charge in [-0.1, -0.05) is 0 Å². The van der Waals surface area contributed by atoms with Crippen LogP contribution < -0.4 is 11.1 Å². The van der Waals surface area contributed by atoms with E-state index in [0.717, 1.165) is 18.5 Å². The molecule has 0 unspecified atom stereocenters. The molecule has 2 rings (SSSR count). The molecule has 0 saturated heterocycles. The van der Waals surface area contributed by atoms with E-state index >= 15 is 0 Å². The van der Waals surface area contributed by atoms with Crippen LogP contribution in [0.25, 0.3) is 0 Å². The Morgan fingerprint density at radius 1 is 1.50 bits per heavy atom. The third kappa shape index (κ3) is 2.10. The first-order valence-corrected chi connectivity index (χ1v) is 5.32. The molecule has 1 fully saturated rings. The number of nitrogens with one attached hydrogen (secondary N) is 1. The maximum absolute atomic E-state index is 8.85. The molecule has 4 heteroatoms. The number of nitrogens with zero attached hydrogens (tertiary/aromatic N) is 1. The summed E-state index contributed by atoms with van der Waals surface area (Å²) in [6.07, 6.45) is 2.41. The van der Waals surface area contributed by atoms with Crippen LogP contribution in [0.5, 0.6) is 0 Å². The van der Waals surface area contributed by atoms with Crippen LogP contribution >= 0.6 is 0 Å². The van der Waals surface area contributed by atoms with Gasteiger partial charge in [-0.2, -0.15) is 5.26 Å². The number of rotatable bonds is 3. The molecule has 1 aromatic carbocycles. The summed E-state index contributed by atoms with van der Waals surface area (Å²) in [5.41, 5.74) is 7.65. The van der Waals surface area contributed by atoms with Crippen molar-refractivity contribution in [1.29, 1.82) is 5.26 Å². The van der Waals surface area contributed by atoms with Crippen molar-refractivity contribution < 1.29 is 4.74 Å². The molecular weight excluding hydrogens is 202 g/mol. The first-order chi connectivity index (χ1) is 7.72. The van der Waals surface area contributed by atoms with Crippen molar-refractivity contribution in [3.8, 4) is 6.07 Å². The highest BCUT2D eigenvalue weighted by Crippen LogP contribution is 2.27. The van der Waals surface area contributed by atoms with Crippen molar-refractivity contribution in [3.05, 3.63) is 23.8 Å². The molecule has 0 bridgehead atoms. The maximum Gasteiger partial charge on any atom is 0.101 e. The summed E-state index contributed by atoms with van der Waals surface area (Å²) in [5, 5.41) is 12.2. The molecule has 0 heterocycles. The summed E-state index contributed by atoms with van der Waals surface area (Å²) < 4.78 is 5.21. The van der Waals surface area contributed by atoms with Crippen molar-refractivity contribution in [2.24, 2.45) is 0 Å². The van der Waals surface area contributed by atoms with Crippen molar-refractivity contribution in [1.82, 2.24) is 0 Å². The van der Waals surface area contributed by atoms with Crippen LogP contribution in [0.3, 0.4) is 0 Å². The van der Waals surface area contributed by atoms with Gasteiger partial charge in [0.15, 0.2) is 0 Å². The normalized spacial score (nSPS) is 23.2. The van der Waals surface area contributed by atoms with E-state index < -0.39 is 0 Å². The highest BCUT2D eigenvalue weighted by Gasteiger charge is 2.28. The number of anilines is 2. The second-order valence-electron chi connectivity index (χ2n) is 4.08. The molecule has 1 aliphatic carbocycles. The number of benzene rings is 1. The zero-order chi connectivity index (χ0) is 11.5. The van der Waals surface area contributed by atoms with Gasteiger partial charge in [0.1, 0.15) is 6.07 Å². The van der Waals surface area contributed by atoms with Crippen molar-refractivity contribution in [2.75, 3.05) is 18.2 Å². The number of methoxy groups -OCH3 is 1. The van der Waals surface area contributed by atoms with E-state index in [1.165, 1.54) is 0 Å². The number of nitrogen functional groups attached to an aromatic ring is 1. The summed E-state index contributed by atoms with van der Waals surface area (Å²) >= 11 is 0. The highest BCUT2D eigenvalue weighted by molar-refractivity contribution is 5.62. The zero-order valence-electron chi connectivity index (χ0n) is 9.23. The molecule has 1 aliphatic rings. The summed E-state index contributed by atoms with van der Waals surface area (Å²) in [6, 6.07) is 7.96. The van der Waals surface area contributed by atoms with Gasteiger partial charge in [0.25, 0.3) is 0 Å². The molecule has 3 N–H and O–H groups in total. The minimum absolute atomic E-state index is 0.377. The minimum atomic E-state index is 0.377. The third-order valence-electron chi connectivity index (χ3n) is 2.97. The molecule has 0 spiro atoms. The van der Waals surface area contributed by atoms with E-state index in [1.807, 2.05) is 6.07 Å². The summed E-state index contributed by atoms with van der Waals surface area (Å²) in [4.78, 5) is 0. The largest absolute Gasteiger partial charge is 0.398 e. The summed E-state index contributed by atoms with van der Waals surface area (Å²) in [7, 11) is 1.73. The predicted octanol–water partition coefficient (Wildman–Crippen LogP) is 1.73. The van der Waals surface area contributed by atoms with Crippen LogP contribution in [-0.2, 0) is 4.74 Å². The van der Waals surface area contributed by atoms with Crippen LogP contribution in [-0.4, -0.2) is 19.3 Å². The van der Waals surface area contributed by atoms with Gasteiger partial charge in [0.2, 0.25) is 0 Å².